The lowest BCUT2D eigenvalue weighted by atomic mass is 10.1. The van der Waals surface area contributed by atoms with Crippen LogP contribution < -0.4 is 10.1 Å². The number of aryl methyl sites for hydroxylation is 2. The van der Waals surface area contributed by atoms with Crippen molar-refractivity contribution in [3.8, 4) is 11.5 Å². The van der Waals surface area contributed by atoms with Crippen LogP contribution in [0.5, 0.6) is 11.5 Å². The number of aromatic nitrogens is 1. The van der Waals surface area contributed by atoms with Crippen molar-refractivity contribution < 1.29 is 14.3 Å². The van der Waals surface area contributed by atoms with E-state index in [2.05, 4.69) is 32.3 Å². The fraction of sp³-hybridized carbons (Fsp3) is 0.368. The minimum Gasteiger partial charge on any atom is -0.455 e. The molecule has 1 aromatic carbocycles. The Morgan fingerprint density at radius 1 is 1.24 bits per heavy atom. The van der Waals surface area contributed by atoms with E-state index in [0.29, 0.717) is 0 Å². The first-order chi connectivity index (χ1) is 11.8. The van der Waals surface area contributed by atoms with E-state index in [-0.39, 0.29) is 11.7 Å². The van der Waals surface area contributed by atoms with Gasteiger partial charge in [-0.05, 0) is 69.5 Å². The fourth-order valence-corrected chi connectivity index (χ4v) is 2.66. The molecular weight excluding hydrogens is 384 g/mol. The van der Waals surface area contributed by atoms with Gasteiger partial charge in [-0.1, -0.05) is 15.9 Å². The second kappa shape index (κ2) is 8.34. The molecule has 0 aliphatic carbocycles. The van der Waals surface area contributed by atoms with Gasteiger partial charge in [-0.2, -0.15) is 0 Å². The van der Waals surface area contributed by atoms with Crippen molar-refractivity contribution in [2.45, 2.75) is 39.2 Å². The number of ether oxygens (including phenoxy) is 2. The van der Waals surface area contributed by atoms with Crippen molar-refractivity contribution in [3.63, 3.8) is 0 Å². The predicted molar refractivity (Wildman–Crippen MR) is 101 cm³/mol. The van der Waals surface area contributed by atoms with E-state index in [1.54, 1.807) is 0 Å². The number of pyridine rings is 1. The number of halogens is 1. The molecule has 0 spiro atoms. The van der Waals surface area contributed by atoms with E-state index < -0.39 is 0 Å². The summed E-state index contributed by atoms with van der Waals surface area (Å²) in [7, 11) is 1.54. The zero-order valence-electron chi connectivity index (χ0n) is 14.9. The van der Waals surface area contributed by atoms with Gasteiger partial charge < -0.3 is 14.8 Å². The molecule has 0 bridgehead atoms. The molecule has 134 valence electrons. The molecule has 5 nitrogen and oxygen atoms in total. The lowest BCUT2D eigenvalue weighted by molar-refractivity contribution is 0.0541. The summed E-state index contributed by atoms with van der Waals surface area (Å²) in [5, 5.41) is 2.36. The molecule has 25 heavy (non-hydrogen) atoms. The van der Waals surface area contributed by atoms with E-state index in [9.17, 15) is 4.79 Å². The van der Waals surface area contributed by atoms with Crippen LogP contribution in [0.25, 0.3) is 0 Å². The average molecular weight is 407 g/mol. The zero-order chi connectivity index (χ0) is 18.4. The van der Waals surface area contributed by atoms with E-state index in [1.807, 2.05) is 51.2 Å². The number of rotatable bonds is 0. The van der Waals surface area contributed by atoms with Crippen LogP contribution in [0.1, 0.15) is 32.0 Å². The minimum absolute atomic E-state index is 0.387. The number of nitrogens with zero attached hydrogens (tertiary/aromatic N) is 1. The quantitative estimate of drug-likeness (QED) is 0.677. The third-order valence-corrected chi connectivity index (χ3v) is 3.82. The highest BCUT2D eigenvalue weighted by Gasteiger charge is 2.15. The van der Waals surface area contributed by atoms with Crippen LogP contribution in [0.3, 0.4) is 0 Å². The smallest absolute Gasteiger partial charge is 0.407 e. The summed E-state index contributed by atoms with van der Waals surface area (Å²) in [4.78, 5) is 14.8. The van der Waals surface area contributed by atoms with E-state index in [1.165, 1.54) is 12.6 Å². The number of benzene rings is 1. The predicted octanol–water partition coefficient (Wildman–Crippen LogP) is 4.88. The van der Waals surface area contributed by atoms with Crippen LogP contribution in [0.4, 0.5) is 4.79 Å². The van der Waals surface area contributed by atoms with Gasteiger partial charge in [0.2, 0.25) is 0 Å². The standard InChI is InChI=1S/C13H10BrNO.C6H13NO2/c14-10-4-6-12-9(8-10)3-5-11-13(16-12)2-1-7-15-11;1-6(2,3)9-5(8)7-4/h1-2,4,6-8H,3,5H2;1-4H3,(H,7,8). The number of hydrogen-bond acceptors (Lipinski definition) is 4. The zero-order valence-corrected chi connectivity index (χ0v) is 16.5. The number of alkyl carbamates (subject to hydrolysis) is 1. The number of amides is 1. The molecular formula is C19H23BrN2O3. The van der Waals surface area contributed by atoms with Crippen LogP contribution in [-0.4, -0.2) is 23.7 Å². The molecule has 0 fully saturated rings. The van der Waals surface area contributed by atoms with Crippen LogP contribution in [0.15, 0.2) is 41.0 Å². The number of nitrogens with one attached hydrogen (secondary N) is 1. The number of hydrogen-bond donors (Lipinski definition) is 1. The first kappa shape index (κ1) is 19.2. The highest BCUT2D eigenvalue weighted by atomic mass is 79.9. The molecule has 1 amide bonds. The van der Waals surface area contributed by atoms with Crippen LogP contribution in [0.2, 0.25) is 0 Å². The molecule has 2 heterocycles. The first-order valence-electron chi connectivity index (χ1n) is 8.09. The molecule has 0 unspecified atom stereocenters. The number of fused-ring (bicyclic) bond motifs is 2. The molecule has 2 aromatic rings. The maximum absolute atomic E-state index is 10.5. The molecule has 0 atom stereocenters. The molecule has 1 N–H and O–H groups in total. The van der Waals surface area contributed by atoms with E-state index >= 15 is 0 Å². The summed E-state index contributed by atoms with van der Waals surface area (Å²) >= 11 is 3.48. The summed E-state index contributed by atoms with van der Waals surface area (Å²) in [6.45, 7) is 5.46. The molecule has 6 heteroatoms. The highest BCUT2D eigenvalue weighted by molar-refractivity contribution is 9.10. The Hall–Kier alpha value is -2.08. The average Bonchev–Trinajstić information content (AvgIpc) is 2.73. The fourth-order valence-electron chi connectivity index (χ4n) is 2.25. The molecule has 1 aliphatic rings. The lowest BCUT2D eigenvalue weighted by Gasteiger charge is -2.18. The summed E-state index contributed by atoms with van der Waals surface area (Å²) in [6, 6.07) is 9.99. The van der Waals surface area contributed by atoms with Crippen LogP contribution in [-0.2, 0) is 17.6 Å². The number of carbonyl (C=O) groups is 1. The van der Waals surface area contributed by atoms with Gasteiger partial charge in [-0.25, -0.2) is 4.79 Å². The summed E-state index contributed by atoms with van der Waals surface area (Å²) in [5.41, 5.74) is 1.88. The van der Waals surface area contributed by atoms with Crippen LogP contribution in [0, 0.1) is 0 Å². The Balaban J connectivity index is 0.000000217. The Bertz CT molecular complexity index is 742. The third kappa shape index (κ3) is 6.05. The van der Waals surface area contributed by atoms with Crippen molar-refractivity contribution in [3.05, 3.63) is 52.3 Å². The third-order valence-electron chi connectivity index (χ3n) is 3.33. The van der Waals surface area contributed by atoms with Gasteiger partial charge in [-0.15, -0.1) is 0 Å². The van der Waals surface area contributed by atoms with Gasteiger partial charge in [-0.3, -0.25) is 4.98 Å². The number of carbonyl (C=O) groups excluding carboxylic acids is 1. The van der Waals surface area contributed by atoms with Gasteiger partial charge in [0.05, 0.1) is 5.69 Å². The van der Waals surface area contributed by atoms with Crippen molar-refractivity contribution in [2.24, 2.45) is 0 Å². The first-order valence-corrected chi connectivity index (χ1v) is 8.88. The van der Waals surface area contributed by atoms with E-state index in [0.717, 1.165) is 34.5 Å². The summed E-state index contributed by atoms with van der Waals surface area (Å²) < 4.78 is 11.8. The maximum Gasteiger partial charge on any atom is 0.407 e. The van der Waals surface area contributed by atoms with Crippen LogP contribution >= 0.6 is 15.9 Å². The van der Waals surface area contributed by atoms with Crippen molar-refractivity contribution in [1.29, 1.82) is 0 Å². The van der Waals surface area contributed by atoms with Gasteiger partial charge in [0.1, 0.15) is 17.1 Å². The highest BCUT2D eigenvalue weighted by Crippen LogP contribution is 2.33. The van der Waals surface area contributed by atoms with E-state index in [4.69, 9.17) is 9.47 Å². The molecule has 0 radical (unpaired) electrons. The molecule has 0 saturated heterocycles. The Kier molecular flexibility index (Phi) is 6.42. The Labute approximate surface area is 156 Å². The SMILES string of the molecule is Brc1ccc2c(c1)CCc1ncccc1O2.CNC(=O)OC(C)(C)C. The molecule has 1 aliphatic heterocycles. The van der Waals surface area contributed by atoms with Gasteiger partial charge >= 0.3 is 6.09 Å². The second-order valence-electron chi connectivity index (χ2n) is 6.55. The monoisotopic (exact) mass is 406 g/mol. The summed E-state index contributed by atoms with van der Waals surface area (Å²) in [5.74, 6) is 1.82. The Morgan fingerprint density at radius 2 is 2.00 bits per heavy atom. The van der Waals surface area contributed by atoms with Crippen molar-refractivity contribution in [1.82, 2.24) is 10.3 Å². The molecule has 3 rings (SSSR count). The maximum atomic E-state index is 10.5. The molecule has 1 aromatic heterocycles. The second-order valence-corrected chi connectivity index (χ2v) is 7.47. The largest absolute Gasteiger partial charge is 0.455 e. The Morgan fingerprint density at radius 3 is 2.64 bits per heavy atom. The molecule has 0 saturated carbocycles. The summed E-state index contributed by atoms with van der Waals surface area (Å²) in [6.07, 6.45) is 3.33. The lowest BCUT2D eigenvalue weighted by Crippen LogP contribution is -2.30. The van der Waals surface area contributed by atoms with Gasteiger partial charge in [0.25, 0.3) is 0 Å². The minimum atomic E-state index is -0.389. The topological polar surface area (TPSA) is 60.5 Å². The van der Waals surface area contributed by atoms with Gasteiger partial charge in [0, 0.05) is 17.7 Å². The van der Waals surface area contributed by atoms with Crippen molar-refractivity contribution in [2.75, 3.05) is 7.05 Å². The van der Waals surface area contributed by atoms with Crippen molar-refractivity contribution >= 4 is 22.0 Å². The normalized spacial score (nSPS) is 12.4. The van der Waals surface area contributed by atoms with Gasteiger partial charge in [0.15, 0.2) is 0 Å².